The van der Waals surface area contributed by atoms with Gasteiger partial charge in [0, 0.05) is 10.6 Å². The van der Waals surface area contributed by atoms with Crippen LogP contribution in [0.1, 0.15) is 28.3 Å². The minimum Gasteiger partial charge on any atom is -0.465 e. The van der Waals surface area contributed by atoms with Gasteiger partial charge in [0.05, 0.1) is 13.3 Å². The maximum Gasteiger partial charge on any atom is 0.349 e. The van der Waals surface area contributed by atoms with Gasteiger partial charge in [-0.15, -0.1) is 0 Å². The average Bonchev–Trinajstić information content (AvgIpc) is 2.86. The highest BCUT2D eigenvalue weighted by Crippen LogP contribution is 2.29. The summed E-state index contributed by atoms with van der Waals surface area (Å²) in [6, 6.07) is 7.44. The van der Waals surface area contributed by atoms with Crippen molar-refractivity contribution in [2.75, 3.05) is 7.11 Å². The number of methoxy groups -OCH3 is 1. The summed E-state index contributed by atoms with van der Waals surface area (Å²) >= 11 is 7.24. The highest BCUT2D eigenvalue weighted by atomic mass is 35.5. The van der Waals surface area contributed by atoms with Crippen molar-refractivity contribution >= 4 is 28.9 Å². The first-order chi connectivity index (χ1) is 9.11. The quantitative estimate of drug-likeness (QED) is 0.807. The van der Waals surface area contributed by atoms with Gasteiger partial charge in [0.1, 0.15) is 11.0 Å². The van der Waals surface area contributed by atoms with Crippen LogP contribution in [-0.2, 0) is 4.74 Å². The number of carbonyl (C=O) groups excluding carboxylic acids is 1. The molecule has 6 heteroatoms. The van der Waals surface area contributed by atoms with Crippen molar-refractivity contribution < 1.29 is 14.3 Å². The molecule has 4 nitrogen and oxygen atoms in total. The number of aromatic nitrogens is 1. The number of thiazole rings is 1. The Kier molecular flexibility index (Phi) is 4.39. The lowest BCUT2D eigenvalue weighted by atomic mass is 10.1. The molecular weight excluding hydrogens is 286 g/mol. The first-order valence-electron chi connectivity index (χ1n) is 5.57. The maximum atomic E-state index is 11.3. The van der Waals surface area contributed by atoms with Crippen LogP contribution >= 0.6 is 22.9 Å². The van der Waals surface area contributed by atoms with Gasteiger partial charge in [-0.1, -0.05) is 41.1 Å². The lowest BCUT2D eigenvalue weighted by Crippen LogP contribution is -2.03. The van der Waals surface area contributed by atoms with Gasteiger partial charge < -0.3 is 9.47 Å². The zero-order chi connectivity index (χ0) is 13.8. The van der Waals surface area contributed by atoms with Crippen LogP contribution in [0.4, 0.5) is 0 Å². The van der Waals surface area contributed by atoms with Gasteiger partial charge >= 0.3 is 5.97 Å². The molecule has 2 rings (SSSR count). The predicted molar refractivity (Wildman–Crippen MR) is 73.9 cm³/mol. The molecule has 0 radical (unpaired) electrons. The summed E-state index contributed by atoms with van der Waals surface area (Å²) in [4.78, 5) is 15.7. The van der Waals surface area contributed by atoms with E-state index in [4.69, 9.17) is 16.3 Å². The van der Waals surface area contributed by atoms with Crippen molar-refractivity contribution in [2.24, 2.45) is 0 Å². The number of rotatable bonds is 4. The fourth-order valence-electron chi connectivity index (χ4n) is 1.53. The summed E-state index contributed by atoms with van der Waals surface area (Å²) in [5.74, 6) is -0.419. The van der Waals surface area contributed by atoms with Crippen molar-refractivity contribution in [1.29, 1.82) is 0 Å². The molecule has 0 aliphatic carbocycles. The molecule has 1 aromatic heterocycles. The highest BCUT2D eigenvalue weighted by Gasteiger charge is 2.15. The third-order valence-corrected chi connectivity index (χ3v) is 3.70. The molecule has 0 saturated heterocycles. The van der Waals surface area contributed by atoms with E-state index in [1.54, 1.807) is 6.07 Å². The fraction of sp³-hybridized carbons (Fsp3) is 0.231. The lowest BCUT2D eigenvalue weighted by Gasteiger charge is -2.13. The molecule has 0 bridgehead atoms. The Labute approximate surface area is 120 Å². The van der Waals surface area contributed by atoms with Crippen molar-refractivity contribution in [2.45, 2.75) is 13.0 Å². The normalized spacial score (nSPS) is 11.9. The van der Waals surface area contributed by atoms with E-state index in [0.717, 1.165) is 16.9 Å². The first-order valence-corrected chi connectivity index (χ1v) is 6.76. The standard InChI is InChI=1S/C13H12ClNO3S/c1-8(9-5-3-4-6-10(9)14)18-13-15-7-11(19-13)12(16)17-2/h3-8H,1-2H3/t8-/m1/s1. The summed E-state index contributed by atoms with van der Waals surface area (Å²) in [6.45, 7) is 1.88. The second-order valence-electron chi connectivity index (χ2n) is 3.76. The molecule has 0 aliphatic rings. The topological polar surface area (TPSA) is 48.4 Å². The van der Waals surface area contributed by atoms with E-state index < -0.39 is 5.97 Å². The second-order valence-corrected chi connectivity index (χ2v) is 5.16. The smallest absolute Gasteiger partial charge is 0.349 e. The van der Waals surface area contributed by atoms with E-state index in [2.05, 4.69) is 9.72 Å². The van der Waals surface area contributed by atoms with Crippen LogP contribution in [-0.4, -0.2) is 18.1 Å². The van der Waals surface area contributed by atoms with Crippen molar-refractivity contribution in [3.05, 3.63) is 45.9 Å². The number of nitrogens with zero attached hydrogens (tertiary/aromatic N) is 1. The van der Waals surface area contributed by atoms with Crippen LogP contribution in [0.3, 0.4) is 0 Å². The number of ether oxygens (including phenoxy) is 2. The third-order valence-electron chi connectivity index (χ3n) is 2.49. The van der Waals surface area contributed by atoms with Crippen LogP contribution in [0.15, 0.2) is 30.5 Å². The largest absolute Gasteiger partial charge is 0.465 e. The molecular formula is C13H12ClNO3S. The Bertz CT molecular complexity index is 585. The van der Waals surface area contributed by atoms with Crippen LogP contribution in [0, 0.1) is 0 Å². The van der Waals surface area contributed by atoms with E-state index in [-0.39, 0.29) is 6.10 Å². The van der Waals surface area contributed by atoms with E-state index in [9.17, 15) is 4.79 Å². The summed E-state index contributed by atoms with van der Waals surface area (Å²) in [7, 11) is 1.33. The number of benzene rings is 1. The molecule has 100 valence electrons. The van der Waals surface area contributed by atoms with Crippen LogP contribution in [0.25, 0.3) is 0 Å². The molecule has 1 aromatic carbocycles. The predicted octanol–water partition coefficient (Wildman–Crippen LogP) is 3.72. The van der Waals surface area contributed by atoms with Gasteiger partial charge in [0.25, 0.3) is 5.19 Å². The first kappa shape index (κ1) is 13.8. The Morgan fingerprint density at radius 1 is 1.42 bits per heavy atom. The monoisotopic (exact) mass is 297 g/mol. The molecule has 0 N–H and O–H groups in total. The number of halogens is 1. The van der Waals surface area contributed by atoms with Crippen molar-refractivity contribution in [3.63, 3.8) is 0 Å². The number of esters is 1. The molecule has 1 atom stereocenters. The van der Waals surface area contributed by atoms with E-state index >= 15 is 0 Å². The Morgan fingerprint density at radius 2 is 2.16 bits per heavy atom. The van der Waals surface area contributed by atoms with E-state index in [1.165, 1.54) is 13.3 Å². The SMILES string of the molecule is COC(=O)c1cnc(O[C@H](C)c2ccccc2Cl)s1. The minimum atomic E-state index is -0.419. The molecule has 0 unspecified atom stereocenters. The fourth-order valence-corrected chi connectivity index (χ4v) is 2.57. The van der Waals surface area contributed by atoms with E-state index in [0.29, 0.717) is 15.1 Å². The van der Waals surface area contributed by atoms with Gasteiger partial charge in [-0.25, -0.2) is 9.78 Å². The number of carbonyl (C=O) groups is 1. The molecule has 0 fully saturated rings. The zero-order valence-electron chi connectivity index (χ0n) is 10.4. The van der Waals surface area contributed by atoms with Crippen LogP contribution < -0.4 is 4.74 Å². The van der Waals surface area contributed by atoms with Gasteiger partial charge in [0.2, 0.25) is 0 Å². The number of hydrogen-bond donors (Lipinski definition) is 0. The Hall–Kier alpha value is -1.59. The minimum absolute atomic E-state index is 0.245. The van der Waals surface area contributed by atoms with Crippen molar-refractivity contribution in [1.82, 2.24) is 4.98 Å². The summed E-state index contributed by atoms with van der Waals surface area (Å²) in [5.41, 5.74) is 0.874. The Morgan fingerprint density at radius 3 is 2.84 bits per heavy atom. The molecule has 2 aromatic rings. The summed E-state index contributed by atoms with van der Waals surface area (Å²) < 4.78 is 10.3. The third kappa shape index (κ3) is 3.24. The summed E-state index contributed by atoms with van der Waals surface area (Å²) in [5, 5.41) is 1.05. The number of hydrogen-bond acceptors (Lipinski definition) is 5. The highest BCUT2D eigenvalue weighted by molar-refractivity contribution is 7.15. The van der Waals surface area contributed by atoms with Crippen LogP contribution in [0.2, 0.25) is 5.02 Å². The van der Waals surface area contributed by atoms with Gasteiger partial charge in [-0.3, -0.25) is 0 Å². The second kappa shape index (κ2) is 6.04. The molecule has 0 amide bonds. The van der Waals surface area contributed by atoms with Crippen LogP contribution in [0.5, 0.6) is 5.19 Å². The molecule has 19 heavy (non-hydrogen) atoms. The molecule has 0 spiro atoms. The van der Waals surface area contributed by atoms with E-state index in [1.807, 2.05) is 25.1 Å². The molecule has 0 aliphatic heterocycles. The van der Waals surface area contributed by atoms with Gasteiger partial charge in [-0.2, -0.15) is 0 Å². The van der Waals surface area contributed by atoms with Crippen molar-refractivity contribution in [3.8, 4) is 5.19 Å². The Balaban J connectivity index is 2.11. The maximum absolute atomic E-state index is 11.3. The van der Waals surface area contributed by atoms with Gasteiger partial charge in [-0.05, 0) is 13.0 Å². The van der Waals surface area contributed by atoms with Gasteiger partial charge in [0.15, 0.2) is 0 Å². The molecule has 1 heterocycles. The average molecular weight is 298 g/mol. The summed E-state index contributed by atoms with van der Waals surface area (Å²) in [6.07, 6.45) is 1.19. The lowest BCUT2D eigenvalue weighted by molar-refractivity contribution is 0.0606. The molecule has 0 saturated carbocycles. The zero-order valence-corrected chi connectivity index (χ0v) is 12.0.